The molecule has 0 unspecified atom stereocenters. The molecule has 1 aliphatic rings. The first-order valence-electron chi connectivity index (χ1n) is 7.59. The molecular formula is C18H17ClN2O3S. The molecule has 1 aliphatic heterocycles. The molecule has 0 saturated heterocycles. The van der Waals surface area contributed by atoms with E-state index >= 15 is 0 Å². The highest BCUT2D eigenvalue weighted by Crippen LogP contribution is 2.38. The Labute approximate surface area is 152 Å². The fraction of sp³-hybridized carbons (Fsp3) is 0.167. The number of halogens is 1. The van der Waals surface area contributed by atoms with Crippen molar-refractivity contribution in [2.75, 3.05) is 16.7 Å². The molecule has 0 radical (unpaired) electrons. The minimum Gasteiger partial charge on any atom is -0.311 e. The quantitative estimate of drug-likeness (QED) is 0.826. The summed E-state index contributed by atoms with van der Waals surface area (Å²) in [4.78, 5) is 14.0. The predicted octanol–water partition coefficient (Wildman–Crippen LogP) is 3.91. The number of hydrogen-bond acceptors (Lipinski definition) is 3. The van der Waals surface area contributed by atoms with E-state index in [2.05, 4.69) is 4.72 Å². The highest BCUT2D eigenvalue weighted by molar-refractivity contribution is 7.92. The van der Waals surface area contributed by atoms with E-state index in [0.717, 1.165) is 5.57 Å². The van der Waals surface area contributed by atoms with Crippen molar-refractivity contribution in [2.45, 2.75) is 18.7 Å². The maximum Gasteiger partial charge on any atom is 0.261 e. The largest absolute Gasteiger partial charge is 0.311 e. The van der Waals surface area contributed by atoms with Crippen molar-refractivity contribution < 1.29 is 13.2 Å². The van der Waals surface area contributed by atoms with E-state index in [0.29, 0.717) is 27.5 Å². The summed E-state index contributed by atoms with van der Waals surface area (Å²) in [6.07, 6.45) is 0. The van der Waals surface area contributed by atoms with E-state index in [9.17, 15) is 13.2 Å². The number of carbonyl (C=O) groups is 1. The summed E-state index contributed by atoms with van der Waals surface area (Å²) in [6, 6.07) is 11.1. The van der Waals surface area contributed by atoms with Gasteiger partial charge in [-0.3, -0.25) is 9.52 Å². The number of likely N-dealkylation sites (N-methyl/N-ethyl adjacent to an activating group) is 1. The van der Waals surface area contributed by atoms with E-state index in [1.165, 1.54) is 17.0 Å². The number of carbonyl (C=O) groups excluding carboxylic acids is 1. The third-order valence-corrected chi connectivity index (χ3v) is 5.65. The van der Waals surface area contributed by atoms with E-state index < -0.39 is 10.0 Å². The van der Waals surface area contributed by atoms with Crippen molar-refractivity contribution in [1.82, 2.24) is 0 Å². The van der Waals surface area contributed by atoms with Crippen LogP contribution in [0.4, 0.5) is 11.4 Å². The Morgan fingerprint density at radius 2 is 1.72 bits per heavy atom. The summed E-state index contributed by atoms with van der Waals surface area (Å²) in [5.41, 5.74) is 3.13. The maximum atomic E-state index is 12.7. The minimum absolute atomic E-state index is 0.100. The second-order valence-electron chi connectivity index (χ2n) is 6.03. The van der Waals surface area contributed by atoms with Crippen LogP contribution in [0.15, 0.2) is 52.9 Å². The molecule has 0 aliphatic carbocycles. The summed E-state index contributed by atoms with van der Waals surface area (Å²) in [5, 5.41) is 0.523. The van der Waals surface area contributed by atoms with Crippen LogP contribution in [0.5, 0.6) is 0 Å². The summed E-state index contributed by atoms with van der Waals surface area (Å²) in [7, 11) is -2.10. The van der Waals surface area contributed by atoms with Crippen LogP contribution in [0.3, 0.4) is 0 Å². The molecule has 0 atom stereocenters. The summed E-state index contributed by atoms with van der Waals surface area (Å²) in [6.45, 7) is 3.67. The van der Waals surface area contributed by atoms with E-state index in [1.807, 2.05) is 13.8 Å². The smallest absolute Gasteiger partial charge is 0.261 e. The fourth-order valence-corrected chi connectivity index (χ4v) is 3.99. The first-order valence-corrected chi connectivity index (χ1v) is 9.45. The number of sulfonamides is 1. The first kappa shape index (κ1) is 17.5. The first-order chi connectivity index (χ1) is 11.7. The van der Waals surface area contributed by atoms with Gasteiger partial charge in [0.05, 0.1) is 10.6 Å². The standard InChI is InChI=1S/C18H17ClN2O3S/c1-11(2)17-15-10-14(8-9-16(15)21(3)18(17)22)25(23,24)20-13-6-4-12(19)5-7-13/h4-10,20H,1-3H3. The van der Waals surface area contributed by atoms with Crippen LogP contribution in [0, 0.1) is 0 Å². The lowest BCUT2D eigenvalue weighted by molar-refractivity contribution is -0.112. The van der Waals surface area contributed by atoms with Gasteiger partial charge >= 0.3 is 0 Å². The third-order valence-electron chi connectivity index (χ3n) is 4.02. The number of anilines is 2. The van der Waals surface area contributed by atoms with Gasteiger partial charge in [-0.15, -0.1) is 0 Å². The summed E-state index contributed by atoms with van der Waals surface area (Å²) in [5.74, 6) is -0.129. The molecule has 5 nitrogen and oxygen atoms in total. The Kier molecular flexibility index (Phi) is 4.34. The number of nitrogens with one attached hydrogen (secondary N) is 1. The van der Waals surface area contributed by atoms with Crippen LogP contribution in [0.2, 0.25) is 5.02 Å². The van der Waals surface area contributed by atoms with Gasteiger partial charge in [-0.1, -0.05) is 17.2 Å². The summed E-state index contributed by atoms with van der Waals surface area (Å²) < 4.78 is 27.9. The molecule has 1 amide bonds. The molecule has 0 aromatic heterocycles. The lowest BCUT2D eigenvalue weighted by Gasteiger charge is -2.11. The van der Waals surface area contributed by atoms with Gasteiger partial charge in [0.2, 0.25) is 0 Å². The van der Waals surface area contributed by atoms with Gasteiger partial charge in [0.25, 0.3) is 15.9 Å². The molecule has 2 aromatic rings. The topological polar surface area (TPSA) is 66.5 Å². The second-order valence-corrected chi connectivity index (χ2v) is 8.15. The van der Waals surface area contributed by atoms with E-state index in [1.54, 1.807) is 37.4 Å². The normalized spacial score (nSPS) is 13.8. The number of hydrogen-bond donors (Lipinski definition) is 1. The molecule has 130 valence electrons. The van der Waals surface area contributed by atoms with E-state index in [4.69, 9.17) is 11.6 Å². The Morgan fingerprint density at radius 1 is 1.08 bits per heavy atom. The second kappa shape index (κ2) is 6.20. The molecule has 0 fully saturated rings. The van der Waals surface area contributed by atoms with Crippen molar-refractivity contribution in [2.24, 2.45) is 0 Å². The van der Waals surface area contributed by atoms with Crippen molar-refractivity contribution in [1.29, 1.82) is 0 Å². The number of amides is 1. The average molecular weight is 377 g/mol. The number of allylic oxidation sites excluding steroid dienone is 1. The molecule has 0 bridgehead atoms. The SMILES string of the molecule is CC(C)=C1C(=O)N(C)c2ccc(S(=O)(=O)Nc3ccc(Cl)cc3)cc21. The van der Waals surface area contributed by atoms with Crippen molar-refractivity contribution in [3.8, 4) is 0 Å². The number of fused-ring (bicyclic) bond motifs is 1. The zero-order valence-electron chi connectivity index (χ0n) is 14.0. The predicted molar refractivity (Wildman–Crippen MR) is 100 cm³/mol. The number of nitrogens with zero attached hydrogens (tertiary/aromatic N) is 1. The van der Waals surface area contributed by atoms with Crippen LogP contribution >= 0.6 is 11.6 Å². The molecule has 0 spiro atoms. The third kappa shape index (κ3) is 3.15. The number of benzene rings is 2. The van der Waals surface area contributed by atoms with Gasteiger partial charge in [-0.05, 0) is 56.3 Å². The Hall–Kier alpha value is -2.31. The molecule has 1 N–H and O–H groups in total. The van der Waals surface area contributed by atoms with Gasteiger partial charge in [0, 0.05) is 28.9 Å². The molecule has 3 rings (SSSR count). The van der Waals surface area contributed by atoms with Crippen LogP contribution in [-0.2, 0) is 14.8 Å². The minimum atomic E-state index is -3.78. The van der Waals surface area contributed by atoms with Gasteiger partial charge < -0.3 is 4.90 Å². The van der Waals surface area contributed by atoms with Crippen LogP contribution in [-0.4, -0.2) is 21.4 Å². The molecule has 0 saturated carbocycles. The van der Waals surface area contributed by atoms with Gasteiger partial charge in [0.1, 0.15) is 0 Å². The zero-order chi connectivity index (χ0) is 18.4. The van der Waals surface area contributed by atoms with Crippen LogP contribution < -0.4 is 9.62 Å². The van der Waals surface area contributed by atoms with Crippen molar-refractivity contribution in [3.05, 3.63) is 58.6 Å². The lowest BCUT2D eigenvalue weighted by Crippen LogP contribution is -2.20. The Bertz CT molecular complexity index is 991. The van der Waals surface area contributed by atoms with Gasteiger partial charge in [0.15, 0.2) is 0 Å². The molecule has 7 heteroatoms. The van der Waals surface area contributed by atoms with Gasteiger partial charge in [-0.25, -0.2) is 8.42 Å². The van der Waals surface area contributed by atoms with E-state index in [-0.39, 0.29) is 10.8 Å². The van der Waals surface area contributed by atoms with Crippen molar-refractivity contribution >= 4 is 44.5 Å². The van der Waals surface area contributed by atoms with Crippen LogP contribution in [0.25, 0.3) is 5.57 Å². The number of rotatable bonds is 3. The zero-order valence-corrected chi connectivity index (χ0v) is 15.6. The molecule has 1 heterocycles. The summed E-state index contributed by atoms with van der Waals surface area (Å²) >= 11 is 5.82. The van der Waals surface area contributed by atoms with Crippen molar-refractivity contribution in [3.63, 3.8) is 0 Å². The average Bonchev–Trinajstić information content (AvgIpc) is 2.80. The Morgan fingerprint density at radius 3 is 2.32 bits per heavy atom. The van der Waals surface area contributed by atoms with Crippen LogP contribution in [0.1, 0.15) is 19.4 Å². The molecule has 25 heavy (non-hydrogen) atoms. The maximum absolute atomic E-state index is 12.7. The highest BCUT2D eigenvalue weighted by atomic mass is 35.5. The molecule has 2 aromatic carbocycles. The monoisotopic (exact) mass is 376 g/mol. The fourth-order valence-electron chi connectivity index (χ4n) is 2.78. The highest BCUT2D eigenvalue weighted by Gasteiger charge is 2.31. The Balaban J connectivity index is 2.04. The molecular weight excluding hydrogens is 360 g/mol. The van der Waals surface area contributed by atoms with Gasteiger partial charge in [-0.2, -0.15) is 0 Å². The lowest BCUT2D eigenvalue weighted by atomic mass is 10.0.